The van der Waals surface area contributed by atoms with Crippen molar-refractivity contribution in [2.24, 2.45) is 0 Å². The van der Waals surface area contributed by atoms with Crippen LogP contribution in [-0.4, -0.2) is 26.8 Å². The highest BCUT2D eigenvalue weighted by Crippen LogP contribution is 2.28. The summed E-state index contributed by atoms with van der Waals surface area (Å²) in [6.07, 6.45) is 5.60. The Kier molecular flexibility index (Phi) is 5.46. The third-order valence-corrected chi connectivity index (χ3v) is 4.33. The highest BCUT2D eigenvalue weighted by atomic mass is 16.3. The van der Waals surface area contributed by atoms with Crippen LogP contribution in [0.15, 0.2) is 65.5 Å². The van der Waals surface area contributed by atoms with Crippen LogP contribution in [0.3, 0.4) is 0 Å². The number of oxazole rings is 1. The number of carbonyl (C=O) groups is 1. The average Bonchev–Trinajstić information content (AvgIpc) is 3.17. The van der Waals surface area contributed by atoms with Crippen molar-refractivity contribution in [3.63, 3.8) is 0 Å². The highest BCUT2D eigenvalue weighted by molar-refractivity contribution is 5.93. The van der Waals surface area contributed by atoms with E-state index in [1.54, 1.807) is 12.4 Å². The average molecular weight is 349 g/mol. The van der Waals surface area contributed by atoms with E-state index in [1.165, 1.54) is 6.26 Å². The molecule has 3 aromatic rings. The van der Waals surface area contributed by atoms with E-state index in [-0.39, 0.29) is 18.0 Å². The van der Waals surface area contributed by atoms with Crippen LogP contribution in [0.2, 0.25) is 0 Å². The zero-order valence-corrected chi connectivity index (χ0v) is 15.3. The van der Waals surface area contributed by atoms with Gasteiger partial charge in [0.05, 0.1) is 11.6 Å². The summed E-state index contributed by atoms with van der Waals surface area (Å²) < 4.78 is 5.52. The smallest absolute Gasteiger partial charge is 0.276 e. The number of rotatable bonds is 6. The molecule has 0 aliphatic heterocycles. The van der Waals surface area contributed by atoms with E-state index in [9.17, 15) is 4.79 Å². The second kappa shape index (κ2) is 7.95. The molecular formula is C21H23N3O2. The van der Waals surface area contributed by atoms with Crippen LogP contribution in [0.1, 0.15) is 49.3 Å². The Morgan fingerprint density at radius 2 is 1.92 bits per heavy atom. The molecule has 5 nitrogen and oxygen atoms in total. The molecule has 3 rings (SSSR count). The van der Waals surface area contributed by atoms with Gasteiger partial charge in [-0.2, -0.15) is 0 Å². The molecule has 2 aromatic heterocycles. The van der Waals surface area contributed by atoms with Crippen molar-refractivity contribution in [1.82, 2.24) is 14.9 Å². The molecule has 2 heterocycles. The number of amides is 1. The van der Waals surface area contributed by atoms with Gasteiger partial charge in [-0.1, -0.05) is 37.3 Å². The second-order valence-corrected chi connectivity index (χ2v) is 6.42. The minimum atomic E-state index is -0.130. The van der Waals surface area contributed by atoms with Gasteiger partial charge in [0.2, 0.25) is 5.89 Å². The van der Waals surface area contributed by atoms with Gasteiger partial charge >= 0.3 is 0 Å². The van der Waals surface area contributed by atoms with Gasteiger partial charge in [-0.15, -0.1) is 0 Å². The SMILES string of the molecule is CCC(c1ccccc1)N(C(=O)c1coc(-c2cccnc2)n1)C(C)C. The molecule has 0 radical (unpaired) electrons. The van der Waals surface area contributed by atoms with Crippen LogP contribution in [-0.2, 0) is 0 Å². The lowest BCUT2D eigenvalue weighted by molar-refractivity contribution is 0.0593. The Hall–Kier alpha value is -2.95. The zero-order chi connectivity index (χ0) is 18.5. The Morgan fingerprint density at radius 3 is 2.54 bits per heavy atom. The van der Waals surface area contributed by atoms with Crippen molar-refractivity contribution in [1.29, 1.82) is 0 Å². The molecule has 0 saturated heterocycles. The van der Waals surface area contributed by atoms with Crippen LogP contribution in [0.25, 0.3) is 11.5 Å². The maximum atomic E-state index is 13.2. The molecule has 26 heavy (non-hydrogen) atoms. The van der Waals surface area contributed by atoms with Gasteiger partial charge in [-0.05, 0) is 38.0 Å². The molecule has 1 aromatic carbocycles. The third-order valence-electron chi connectivity index (χ3n) is 4.33. The largest absolute Gasteiger partial charge is 0.444 e. The van der Waals surface area contributed by atoms with Crippen LogP contribution in [0, 0.1) is 0 Å². The van der Waals surface area contributed by atoms with Gasteiger partial charge in [0.15, 0.2) is 5.69 Å². The molecule has 1 atom stereocenters. The summed E-state index contributed by atoms with van der Waals surface area (Å²) >= 11 is 0. The lowest BCUT2D eigenvalue weighted by Crippen LogP contribution is -2.40. The molecule has 0 aliphatic rings. The summed E-state index contributed by atoms with van der Waals surface area (Å²) in [7, 11) is 0. The summed E-state index contributed by atoms with van der Waals surface area (Å²) in [6.45, 7) is 6.13. The number of aromatic nitrogens is 2. The third kappa shape index (κ3) is 3.67. The molecule has 1 amide bonds. The first-order chi connectivity index (χ1) is 12.6. The summed E-state index contributed by atoms with van der Waals surface area (Å²) in [5.74, 6) is 0.271. The van der Waals surface area contributed by atoms with Crippen molar-refractivity contribution in [2.75, 3.05) is 0 Å². The van der Waals surface area contributed by atoms with Crippen molar-refractivity contribution in [3.8, 4) is 11.5 Å². The molecule has 5 heteroatoms. The number of benzene rings is 1. The van der Waals surface area contributed by atoms with E-state index in [1.807, 2.05) is 49.1 Å². The zero-order valence-electron chi connectivity index (χ0n) is 15.3. The van der Waals surface area contributed by atoms with Gasteiger partial charge in [-0.25, -0.2) is 4.98 Å². The maximum Gasteiger partial charge on any atom is 0.276 e. The standard InChI is InChI=1S/C21H23N3O2/c1-4-19(16-9-6-5-7-10-16)24(15(2)3)21(25)18-14-26-20(23-18)17-11-8-12-22-13-17/h5-15,19H,4H2,1-3H3. The Bertz CT molecular complexity index is 844. The summed E-state index contributed by atoms with van der Waals surface area (Å²) in [6, 6.07) is 13.8. The monoisotopic (exact) mass is 349 g/mol. The minimum Gasteiger partial charge on any atom is -0.444 e. The number of carbonyl (C=O) groups excluding carboxylic acids is 1. The van der Waals surface area contributed by atoms with Gasteiger partial charge < -0.3 is 9.32 Å². The second-order valence-electron chi connectivity index (χ2n) is 6.42. The normalized spacial score (nSPS) is 12.2. The number of hydrogen-bond donors (Lipinski definition) is 0. The highest BCUT2D eigenvalue weighted by Gasteiger charge is 2.29. The molecule has 1 unspecified atom stereocenters. The van der Waals surface area contributed by atoms with Gasteiger partial charge in [-0.3, -0.25) is 9.78 Å². The molecule has 0 aliphatic carbocycles. The summed E-state index contributed by atoms with van der Waals surface area (Å²) in [4.78, 5) is 23.5. The fraction of sp³-hybridized carbons (Fsp3) is 0.286. The van der Waals surface area contributed by atoms with Gasteiger partial charge in [0.1, 0.15) is 6.26 Å². The molecule has 0 fully saturated rings. The minimum absolute atomic E-state index is 0.0118. The Labute approximate surface area is 153 Å². The lowest BCUT2D eigenvalue weighted by Gasteiger charge is -2.34. The van der Waals surface area contributed by atoms with Crippen LogP contribution < -0.4 is 0 Å². The van der Waals surface area contributed by atoms with Crippen molar-refractivity contribution < 1.29 is 9.21 Å². The lowest BCUT2D eigenvalue weighted by atomic mass is 10.0. The van der Waals surface area contributed by atoms with E-state index in [0.717, 1.165) is 17.5 Å². The van der Waals surface area contributed by atoms with E-state index in [0.29, 0.717) is 11.6 Å². The Balaban J connectivity index is 1.91. The first-order valence-electron chi connectivity index (χ1n) is 8.85. The first kappa shape index (κ1) is 17.9. The molecular weight excluding hydrogens is 326 g/mol. The maximum absolute atomic E-state index is 13.2. The fourth-order valence-electron chi connectivity index (χ4n) is 3.13. The van der Waals surface area contributed by atoms with Crippen LogP contribution in [0.5, 0.6) is 0 Å². The van der Waals surface area contributed by atoms with Gasteiger partial charge in [0.25, 0.3) is 5.91 Å². The van der Waals surface area contributed by atoms with E-state index in [4.69, 9.17) is 4.42 Å². The number of hydrogen-bond acceptors (Lipinski definition) is 4. The first-order valence-corrected chi connectivity index (χ1v) is 8.85. The molecule has 0 spiro atoms. The van der Waals surface area contributed by atoms with Gasteiger partial charge in [0, 0.05) is 18.4 Å². The predicted octanol–water partition coefficient (Wildman–Crippen LogP) is 4.74. The van der Waals surface area contributed by atoms with Crippen molar-refractivity contribution in [3.05, 3.63) is 72.4 Å². The van der Waals surface area contributed by atoms with E-state index >= 15 is 0 Å². The number of pyridine rings is 1. The van der Waals surface area contributed by atoms with E-state index in [2.05, 4.69) is 29.0 Å². The molecule has 0 N–H and O–H groups in total. The van der Waals surface area contributed by atoms with Crippen LogP contribution in [0.4, 0.5) is 0 Å². The summed E-state index contributed by atoms with van der Waals surface area (Å²) in [5, 5.41) is 0. The molecule has 134 valence electrons. The van der Waals surface area contributed by atoms with Crippen molar-refractivity contribution in [2.45, 2.75) is 39.3 Å². The number of nitrogens with zero attached hydrogens (tertiary/aromatic N) is 3. The molecule has 0 bridgehead atoms. The van der Waals surface area contributed by atoms with E-state index < -0.39 is 0 Å². The molecule has 0 saturated carbocycles. The van der Waals surface area contributed by atoms with Crippen molar-refractivity contribution >= 4 is 5.91 Å². The quantitative estimate of drug-likeness (QED) is 0.645. The Morgan fingerprint density at radius 1 is 1.15 bits per heavy atom. The van der Waals surface area contributed by atoms with Crippen LogP contribution >= 0.6 is 0 Å². The predicted molar refractivity (Wildman–Crippen MR) is 101 cm³/mol. The topological polar surface area (TPSA) is 59.2 Å². The summed E-state index contributed by atoms with van der Waals surface area (Å²) in [5.41, 5.74) is 2.18. The fourth-order valence-corrected chi connectivity index (χ4v) is 3.13.